The van der Waals surface area contributed by atoms with Crippen molar-refractivity contribution in [3.8, 4) is 0 Å². The summed E-state index contributed by atoms with van der Waals surface area (Å²) in [6.07, 6.45) is 1.69. The molecule has 1 atom stereocenters. The van der Waals surface area contributed by atoms with Crippen molar-refractivity contribution in [1.82, 2.24) is 0 Å². The lowest BCUT2D eigenvalue weighted by atomic mass is 10.2. The van der Waals surface area contributed by atoms with Gasteiger partial charge in [0.25, 0.3) is 0 Å². The first-order valence-corrected chi connectivity index (χ1v) is 5.59. The minimum atomic E-state index is -0.322. The predicted molar refractivity (Wildman–Crippen MR) is 65.4 cm³/mol. The van der Waals surface area contributed by atoms with Crippen LogP contribution in [0, 0.1) is 0 Å². The maximum Gasteiger partial charge on any atom is 0.240 e. The van der Waals surface area contributed by atoms with Gasteiger partial charge in [-0.05, 0) is 25.0 Å². The van der Waals surface area contributed by atoms with Crippen LogP contribution in [0.1, 0.15) is 12.8 Å². The van der Waals surface area contributed by atoms with E-state index in [0.717, 1.165) is 25.1 Å². The molecule has 1 saturated heterocycles. The second-order valence-electron chi connectivity index (χ2n) is 3.93. The Morgan fingerprint density at radius 3 is 2.88 bits per heavy atom. The third-order valence-corrected chi connectivity index (χ3v) is 3.19. The van der Waals surface area contributed by atoms with Gasteiger partial charge in [0, 0.05) is 6.54 Å². The molecule has 0 aliphatic carbocycles. The largest absolute Gasteiger partial charge is 0.397 e. The molecule has 4 nitrogen and oxygen atoms in total. The van der Waals surface area contributed by atoms with Gasteiger partial charge in [-0.2, -0.15) is 0 Å². The molecule has 0 saturated carbocycles. The fourth-order valence-corrected chi connectivity index (χ4v) is 2.46. The fraction of sp³-hybridized carbons (Fsp3) is 0.364. The third kappa shape index (κ3) is 1.80. The Morgan fingerprint density at radius 1 is 1.50 bits per heavy atom. The van der Waals surface area contributed by atoms with Crippen LogP contribution in [-0.4, -0.2) is 18.5 Å². The Morgan fingerprint density at radius 2 is 2.25 bits per heavy atom. The summed E-state index contributed by atoms with van der Waals surface area (Å²) >= 11 is 6.11. The van der Waals surface area contributed by atoms with Crippen LogP contribution in [0.25, 0.3) is 0 Å². The van der Waals surface area contributed by atoms with Gasteiger partial charge < -0.3 is 16.4 Å². The number of rotatable bonds is 2. The van der Waals surface area contributed by atoms with Crippen LogP contribution in [0.4, 0.5) is 11.4 Å². The molecule has 5 heteroatoms. The first-order valence-electron chi connectivity index (χ1n) is 5.21. The van der Waals surface area contributed by atoms with Gasteiger partial charge in [0.2, 0.25) is 5.91 Å². The fourth-order valence-electron chi connectivity index (χ4n) is 2.17. The Labute approximate surface area is 99.2 Å². The van der Waals surface area contributed by atoms with Gasteiger partial charge in [-0.25, -0.2) is 0 Å². The summed E-state index contributed by atoms with van der Waals surface area (Å²) in [5.41, 5.74) is 12.6. The Bertz CT molecular complexity index is 401. The summed E-state index contributed by atoms with van der Waals surface area (Å²) < 4.78 is 0. The van der Waals surface area contributed by atoms with Crippen LogP contribution >= 0.6 is 11.6 Å². The normalized spacial score (nSPS) is 20.1. The number of halogens is 1. The van der Waals surface area contributed by atoms with Crippen molar-refractivity contribution in [2.75, 3.05) is 17.2 Å². The highest BCUT2D eigenvalue weighted by molar-refractivity contribution is 6.34. The van der Waals surface area contributed by atoms with Crippen LogP contribution in [0.5, 0.6) is 0 Å². The van der Waals surface area contributed by atoms with Crippen LogP contribution in [-0.2, 0) is 4.79 Å². The van der Waals surface area contributed by atoms with E-state index >= 15 is 0 Å². The maximum atomic E-state index is 11.3. The molecule has 1 unspecified atom stereocenters. The second kappa shape index (κ2) is 4.22. The zero-order valence-corrected chi connectivity index (χ0v) is 9.57. The zero-order chi connectivity index (χ0) is 11.7. The summed E-state index contributed by atoms with van der Waals surface area (Å²) in [5.74, 6) is -0.322. The summed E-state index contributed by atoms with van der Waals surface area (Å²) in [6.45, 7) is 0.765. The first-order chi connectivity index (χ1) is 7.61. The van der Waals surface area contributed by atoms with Gasteiger partial charge in [-0.15, -0.1) is 0 Å². The van der Waals surface area contributed by atoms with Crippen molar-refractivity contribution in [2.24, 2.45) is 5.73 Å². The molecule has 0 spiro atoms. The van der Waals surface area contributed by atoms with Gasteiger partial charge in [-0.3, -0.25) is 4.79 Å². The number of hydrogen-bond donors (Lipinski definition) is 2. The quantitative estimate of drug-likeness (QED) is 0.766. The smallest absolute Gasteiger partial charge is 0.240 e. The molecule has 1 heterocycles. The Kier molecular flexibility index (Phi) is 2.92. The summed E-state index contributed by atoms with van der Waals surface area (Å²) in [6, 6.07) is 5.04. The molecule has 1 fully saturated rings. The lowest BCUT2D eigenvalue weighted by Crippen LogP contribution is -2.40. The number of anilines is 2. The Hall–Kier alpha value is -1.42. The lowest BCUT2D eigenvalue weighted by Gasteiger charge is -2.26. The van der Waals surface area contributed by atoms with Crippen LogP contribution in [0.2, 0.25) is 5.02 Å². The highest BCUT2D eigenvalue weighted by atomic mass is 35.5. The van der Waals surface area contributed by atoms with Gasteiger partial charge in [-0.1, -0.05) is 17.7 Å². The summed E-state index contributed by atoms with van der Waals surface area (Å²) in [5, 5.41) is 0.563. The molecule has 0 aromatic heterocycles. The standard InChI is InChI=1S/C11H14ClN3O/c12-7-3-1-4-8(13)10(7)15-6-2-5-9(15)11(14)16/h1,3-4,9H,2,5-6,13H2,(H2,14,16). The van der Waals surface area contributed by atoms with Crippen molar-refractivity contribution < 1.29 is 4.79 Å². The highest BCUT2D eigenvalue weighted by Crippen LogP contribution is 2.36. The Balaban J connectivity index is 2.40. The minimum Gasteiger partial charge on any atom is -0.397 e. The van der Waals surface area contributed by atoms with E-state index in [4.69, 9.17) is 23.1 Å². The molecular weight excluding hydrogens is 226 g/mol. The SMILES string of the molecule is NC(=O)C1CCCN1c1c(N)cccc1Cl. The number of carbonyl (C=O) groups is 1. The number of para-hydroxylation sites is 1. The number of amides is 1. The van der Waals surface area contributed by atoms with Crippen molar-refractivity contribution in [2.45, 2.75) is 18.9 Å². The molecule has 16 heavy (non-hydrogen) atoms. The number of primary amides is 1. The summed E-state index contributed by atoms with van der Waals surface area (Å²) in [7, 11) is 0. The maximum absolute atomic E-state index is 11.3. The monoisotopic (exact) mass is 239 g/mol. The molecule has 1 amide bonds. The average molecular weight is 240 g/mol. The van der Waals surface area contributed by atoms with Gasteiger partial charge in [0.1, 0.15) is 6.04 Å². The van der Waals surface area contributed by atoms with Gasteiger partial charge >= 0.3 is 0 Å². The van der Waals surface area contributed by atoms with E-state index in [1.54, 1.807) is 18.2 Å². The van der Waals surface area contributed by atoms with E-state index in [1.807, 2.05) is 4.90 Å². The number of hydrogen-bond acceptors (Lipinski definition) is 3. The molecular formula is C11H14ClN3O. The molecule has 0 radical (unpaired) electrons. The van der Waals surface area contributed by atoms with Gasteiger partial charge in [0.05, 0.1) is 16.4 Å². The topological polar surface area (TPSA) is 72.4 Å². The summed E-state index contributed by atoms with van der Waals surface area (Å²) in [4.78, 5) is 13.2. The van der Waals surface area contributed by atoms with Crippen LogP contribution in [0.3, 0.4) is 0 Å². The van der Waals surface area contributed by atoms with Crippen molar-refractivity contribution in [1.29, 1.82) is 0 Å². The number of benzene rings is 1. The second-order valence-corrected chi connectivity index (χ2v) is 4.34. The average Bonchev–Trinajstić information content (AvgIpc) is 2.66. The minimum absolute atomic E-state index is 0.290. The van der Waals surface area contributed by atoms with Crippen molar-refractivity contribution in [3.05, 3.63) is 23.2 Å². The predicted octanol–water partition coefficient (Wildman–Crippen LogP) is 1.38. The van der Waals surface area contributed by atoms with E-state index in [0.29, 0.717) is 10.7 Å². The van der Waals surface area contributed by atoms with Crippen molar-refractivity contribution >= 4 is 28.9 Å². The third-order valence-electron chi connectivity index (χ3n) is 2.89. The van der Waals surface area contributed by atoms with E-state index < -0.39 is 0 Å². The molecule has 1 aliphatic rings. The molecule has 1 aromatic carbocycles. The molecule has 1 aliphatic heterocycles. The van der Waals surface area contributed by atoms with Crippen LogP contribution in [0.15, 0.2) is 18.2 Å². The van der Waals surface area contributed by atoms with Crippen molar-refractivity contribution in [3.63, 3.8) is 0 Å². The molecule has 2 rings (SSSR count). The number of carbonyl (C=O) groups excluding carboxylic acids is 1. The van der Waals surface area contributed by atoms with E-state index in [1.165, 1.54) is 0 Å². The number of nitrogen functional groups attached to an aromatic ring is 1. The lowest BCUT2D eigenvalue weighted by molar-refractivity contribution is -0.119. The number of nitrogens with zero attached hydrogens (tertiary/aromatic N) is 1. The molecule has 86 valence electrons. The molecule has 1 aromatic rings. The first kappa shape index (κ1) is 11.1. The van der Waals surface area contributed by atoms with Gasteiger partial charge in [0.15, 0.2) is 0 Å². The molecule has 0 bridgehead atoms. The highest BCUT2D eigenvalue weighted by Gasteiger charge is 2.31. The van der Waals surface area contributed by atoms with Crippen LogP contribution < -0.4 is 16.4 Å². The number of nitrogens with two attached hydrogens (primary N) is 2. The van der Waals surface area contributed by atoms with E-state index in [9.17, 15) is 4.79 Å². The van der Waals surface area contributed by atoms with E-state index in [-0.39, 0.29) is 11.9 Å². The zero-order valence-electron chi connectivity index (χ0n) is 8.82. The molecule has 4 N–H and O–H groups in total. The van der Waals surface area contributed by atoms with E-state index in [2.05, 4.69) is 0 Å².